The summed E-state index contributed by atoms with van der Waals surface area (Å²) in [6, 6.07) is 5.79. The van der Waals surface area contributed by atoms with E-state index in [9.17, 15) is 21.6 Å². The molecule has 0 radical (unpaired) electrons. The first kappa shape index (κ1) is 22.2. The number of nitrogens with one attached hydrogen (secondary N) is 1. The Hall–Kier alpha value is -1.53. The Morgan fingerprint density at radius 1 is 1.14 bits per heavy atom. The number of ether oxygens (including phenoxy) is 1. The van der Waals surface area contributed by atoms with Crippen molar-refractivity contribution in [2.75, 3.05) is 45.6 Å². The maximum atomic E-state index is 13.1. The highest BCUT2D eigenvalue weighted by Crippen LogP contribution is 2.23. The number of piperidine rings is 1. The second-order valence-electron chi connectivity index (χ2n) is 7.31. The van der Waals surface area contributed by atoms with Crippen molar-refractivity contribution in [2.45, 2.75) is 30.2 Å². The lowest BCUT2D eigenvalue weighted by Gasteiger charge is -2.36. The third kappa shape index (κ3) is 5.54. The summed E-state index contributed by atoms with van der Waals surface area (Å²) < 4.78 is 57.7. The van der Waals surface area contributed by atoms with Crippen LogP contribution in [0.15, 0.2) is 29.2 Å². The molecule has 1 aromatic carbocycles. The fraction of sp³-hybridized carbons (Fsp3) is 0.611. The van der Waals surface area contributed by atoms with Crippen LogP contribution in [-0.2, 0) is 24.8 Å². The molecule has 1 N–H and O–H groups in total. The molecule has 0 aromatic heterocycles. The number of amides is 1. The topological polar surface area (TPSA) is 113 Å². The van der Waals surface area contributed by atoms with Crippen LogP contribution in [0.2, 0.25) is 0 Å². The van der Waals surface area contributed by atoms with Gasteiger partial charge < -0.3 is 9.64 Å². The Morgan fingerprint density at radius 3 is 2.55 bits per heavy atom. The van der Waals surface area contributed by atoms with Gasteiger partial charge >= 0.3 is 0 Å². The minimum atomic E-state index is -3.70. The quantitative estimate of drug-likeness (QED) is 0.672. The van der Waals surface area contributed by atoms with Crippen molar-refractivity contribution in [1.29, 1.82) is 0 Å². The zero-order valence-corrected chi connectivity index (χ0v) is 18.0. The molecule has 11 heteroatoms. The second-order valence-corrected chi connectivity index (χ2v) is 11.1. The van der Waals surface area contributed by atoms with E-state index in [0.29, 0.717) is 26.2 Å². The van der Waals surface area contributed by atoms with Crippen molar-refractivity contribution in [3.05, 3.63) is 29.8 Å². The molecular weight excluding hydrogens is 418 g/mol. The average molecular weight is 446 g/mol. The number of likely N-dealkylation sites (tertiary alicyclic amines) is 1. The number of carbonyl (C=O) groups is 1. The van der Waals surface area contributed by atoms with E-state index in [2.05, 4.69) is 4.72 Å². The van der Waals surface area contributed by atoms with E-state index < -0.39 is 20.0 Å². The number of hydrogen-bond donors (Lipinski definition) is 1. The molecule has 2 saturated heterocycles. The van der Waals surface area contributed by atoms with Gasteiger partial charge in [-0.05, 0) is 37.5 Å². The molecule has 1 atom stereocenters. The van der Waals surface area contributed by atoms with Gasteiger partial charge in [-0.1, -0.05) is 6.07 Å². The standard InChI is InChI=1S/C18H27N3O6S2/c1-28(23,24)19-14-16-6-2-3-8-21(16)18(22)15-5-4-7-17(13-15)29(25,26)20-9-11-27-12-10-20/h4-5,7,13,16,19H,2-3,6,8-12,14H2,1H3/t16-/m1/s1. The lowest BCUT2D eigenvalue weighted by Crippen LogP contribution is -2.49. The zero-order valence-electron chi connectivity index (χ0n) is 16.4. The van der Waals surface area contributed by atoms with Gasteiger partial charge in [0.1, 0.15) is 0 Å². The van der Waals surface area contributed by atoms with Crippen LogP contribution < -0.4 is 4.72 Å². The normalized spacial score (nSPS) is 21.8. The number of nitrogens with zero attached hydrogens (tertiary/aromatic N) is 2. The minimum absolute atomic E-state index is 0.0769. The molecule has 2 fully saturated rings. The molecule has 0 saturated carbocycles. The third-order valence-corrected chi connectivity index (χ3v) is 7.74. The van der Waals surface area contributed by atoms with Gasteiger partial charge in [0.15, 0.2) is 0 Å². The first-order chi connectivity index (χ1) is 13.7. The Morgan fingerprint density at radius 2 is 1.86 bits per heavy atom. The van der Waals surface area contributed by atoms with Gasteiger partial charge in [-0.15, -0.1) is 0 Å². The molecule has 0 spiro atoms. The summed E-state index contributed by atoms with van der Waals surface area (Å²) in [6.45, 7) is 1.92. The summed E-state index contributed by atoms with van der Waals surface area (Å²) >= 11 is 0. The Bertz CT molecular complexity index is 942. The molecule has 29 heavy (non-hydrogen) atoms. The number of sulfonamides is 2. The van der Waals surface area contributed by atoms with Crippen molar-refractivity contribution < 1.29 is 26.4 Å². The van der Waals surface area contributed by atoms with Gasteiger partial charge in [-0.3, -0.25) is 4.79 Å². The molecule has 2 heterocycles. The summed E-state index contributed by atoms with van der Waals surface area (Å²) in [5.74, 6) is -0.288. The van der Waals surface area contributed by atoms with Gasteiger partial charge in [0.2, 0.25) is 20.0 Å². The molecular formula is C18H27N3O6S2. The van der Waals surface area contributed by atoms with Crippen LogP contribution in [0.4, 0.5) is 0 Å². The maximum Gasteiger partial charge on any atom is 0.254 e. The van der Waals surface area contributed by atoms with Gasteiger partial charge in [0, 0.05) is 37.8 Å². The average Bonchev–Trinajstić information content (AvgIpc) is 2.72. The molecule has 2 aliphatic rings. The third-order valence-electron chi connectivity index (χ3n) is 5.16. The monoisotopic (exact) mass is 445 g/mol. The molecule has 162 valence electrons. The molecule has 3 rings (SSSR count). The summed E-state index contributed by atoms with van der Waals surface area (Å²) in [7, 11) is -7.06. The first-order valence-electron chi connectivity index (χ1n) is 9.62. The first-order valence-corrected chi connectivity index (χ1v) is 13.0. The Labute approximate surface area is 172 Å². The highest BCUT2D eigenvalue weighted by atomic mass is 32.2. The van der Waals surface area contributed by atoms with Crippen molar-refractivity contribution >= 4 is 26.0 Å². The zero-order chi connectivity index (χ0) is 21.1. The van der Waals surface area contributed by atoms with E-state index in [-0.39, 0.29) is 42.0 Å². The van der Waals surface area contributed by atoms with E-state index in [4.69, 9.17) is 4.74 Å². The fourth-order valence-electron chi connectivity index (χ4n) is 3.62. The van der Waals surface area contributed by atoms with Crippen molar-refractivity contribution in [1.82, 2.24) is 13.9 Å². The molecule has 0 aliphatic carbocycles. The summed E-state index contributed by atoms with van der Waals surface area (Å²) in [6.07, 6.45) is 3.51. The van der Waals surface area contributed by atoms with Crippen LogP contribution in [0.25, 0.3) is 0 Å². The SMILES string of the molecule is CS(=O)(=O)NC[C@H]1CCCCN1C(=O)c1cccc(S(=O)(=O)N2CCOCC2)c1. The predicted octanol–water partition coefficient (Wildman–Crippen LogP) is 0.251. The van der Waals surface area contributed by atoms with E-state index in [1.807, 2.05) is 0 Å². The second kappa shape index (κ2) is 9.09. The van der Waals surface area contributed by atoms with Crippen LogP contribution in [0, 0.1) is 0 Å². The van der Waals surface area contributed by atoms with Crippen LogP contribution in [0.1, 0.15) is 29.6 Å². The largest absolute Gasteiger partial charge is 0.379 e. The van der Waals surface area contributed by atoms with Gasteiger partial charge in [0.05, 0.1) is 24.4 Å². The van der Waals surface area contributed by atoms with Crippen molar-refractivity contribution in [3.63, 3.8) is 0 Å². The van der Waals surface area contributed by atoms with Crippen LogP contribution in [0.5, 0.6) is 0 Å². The molecule has 9 nitrogen and oxygen atoms in total. The molecule has 0 unspecified atom stereocenters. The number of hydrogen-bond acceptors (Lipinski definition) is 6. The number of rotatable bonds is 6. The summed E-state index contributed by atoms with van der Waals surface area (Å²) in [5, 5.41) is 0. The van der Waals surface area contributed by atoms with Crippen molar-refractivity contribution in [2.24, 2.45) is 0 Å². The van der Waals surface area contributed by atoms with E-state index in [0.717, 1.165) is 19.1 Å². The van der Waals surface area contributed by atoms with E-state index >= 15 is 0 Å². The van der Waals surface area contributed by atoms with Crippen LogP contribution in [-0.4, -0.2) is 83.6 Å². The number of morpholine rings is 1. The molecule has 0 bridgehead atoms. The lowest BCUT2D eigenvalue weighted by atomic mass is 10.0. The van der Waals surface area contributed by atoms with Gasteiger partial charge in [-0.25, -0.2) is 21.6 Å². The van der Waals surface area contributed by atoms with Gasteiger partial charge in [0.25, 0.3) is 5.91 Å². The number of carbonyl (C=O) groups excluding carboxylic acids is 1. The highest BCUT2D eigenvalue weighted by molar-refractivity contribution is 7.89. The predicted molar refractivity (Wildman–Crippen MR) is 108 cm³/mol. The molecule has 1 aromatic rings. The smallest absolute Gasteiger partial charge is 0.254 e. The van der Waals surface area contributed by atoms with Crippen LogP contribution in [0.3, 0.4) is 0 Å². The van der Waals surface area contributed by atoms with E-state index in [1.54, 1.807) is 17.0 Å². The summed E-state index contributed by atoms with van der Waals surface area (Å²) in [5.41, 5.74) is 0.283. The molecule has 2 aliphatic heterocycles. The number of benzene rings is 1. The summed E-state index contributed by atoms with van der Waals surface area (Å²) in [4.78, 5) is 14.8. The highest BCUT2D eigenvalue weighted by Gasteiger charge is 2.30. The van der Waals surface area contributed by atoms with Crippen molar-refractivity contribution in [3.8, 4) is 0 Å². The fourth-order valence-corrected chi connectivity index (χ4v) is 5.57. The Balaban J connectivity index is 1.80. The molecule has 1 amide bonds. The Kier molecular flexibility index (Phi) is 6.94. The minimum Gasteiger partial charge on any atom is -0.379 e. The lowest BCUT2D eigenvalue weighted by molar-refractivity contribution is 0.0618. The van der Waals surface area contributed by atoms with E-state index in [1.165, 1.54) is 16.4 Å². The van der Waals surface area contributed by atoms with Gasteiger partial charge in [-0.2, -0.15) is 4.31 Å². The maximum absolute atomic E-state index is 13.1. The van der Waals surface area contributed by atoms with Crippen LogP contribution >= 0.6 is 0 Å².